The lowest BCUT2D eigenvalue weighted by molar-refractivity contribution is 0.0252. The van der Waals surface area contributed by atoms with Crippen molar-refractivity contribution >= 4 is 22.9 Å². The number of rotatable bonds is 6. The van der Waals surface area contributed by atoms with E-state index < -0.39 is 0 Å². The van der Waals surface area contributed by atoms with Crippen molar-refractivity contribution in [3.63, 3.8) is 0 Å². The average Bonchev–Trinajstić information content (AvgIpc) is 3.19. The van der Waals surface area contributed by atoms with E-state index in [1.165, 1.54) is 4.88 Å². The number of aliphatic hydroxyl groups excluding tert-OH is 1. The first-order chi connectivity index (χ1) is 12.2. The van der Waals surface area contributed by atoms with E-state index in [1.807, 2.05) is 35.2 Å². The maximum absolute atomic E-state index is 12.9. The highest BCUT2D eigenvalue weighted by molar-refractivity contribution is 7.09. The normalized spacial score (nSPS) is 20.5. The molecule has 1 saturated heterocycles. The molecule has 1 aromatic carbocycles. The second kappa shape index (κ2) is 8.02. The van der Waals surface area contributed by atoms with Crippen LogP contribution in [0.5, 0.6) is 0 Å². The lowest BCUT2D eigenvalue weighted by atomic mass is 9.78. The minimum Gasteiger partial charge on any atom is -0.396 e. The third-order valence-corrected chi connectivity index (χ3v) is 6.07. The predicted molar refractivity (Wildman–Crippen MR) is 103 cm³/mol. The lowest BCUT2D eigenvalue weighted by Crippen LogP contribution is -2.47. The Balaban J connectivity index is 1.68. The Morgan fingerprint density at radius 2 is 2.24 bits per heavy atom. The van der Waals surface area contributed by atoms with Crippen LogP contribution in [-0.4, -0.2) is 35.6 Å². The largest absolute Gasteiger partial charge is 0.396 e. The van der Waals surface area contributed by atoms with Gasteiger partial charge in [-0.2, -0.15) is 0 Å². The van der Waals surface area contributed by atoms with Gasteiger partial charge in [0.15, 0.2) is 0 Å². The second-order valence-electron chi connectivity index (χ2n) is 6.86. The van der Waals surface area contributed by atoms with Gasteiger partial charge in [-0.25, -0.2) is 0 Å². The zero-order valence-corrected chi connectivity index (χ0v) is 15.5. The molecule has 1 unspecified atom stereocenters. The number of amides is 1. The molecule has 0 radical (unpaired) electrons. The van der Waals surface area contributed by atoms with Gasteiger partial charge in [-0.05, 0) is 48.9 Å². The SMILES string of the molecule is CCC1(CO)CCCN(C(=O)c2cccc(NCc3cccs3)c2)C1. The van der Waals surface area contributed by atoms with E-state index in [1.54, 1.807) is 11.3 Å². The molecule has 1 atom stereocenters. The van der Waals surface area contributed by atoms with Gasteiger partial charge in [0.2, 0.25) is 0 Å². The van der Waals surface area contributed by atoms with Gasteiger partial charge in [-0.3, -0.25) is 4.79 Å². The van der Waals surface area contributed by atoms with Crippen molar-refractivity contribution in [3.8, 4) is 0 Å². The molecular formula is C20H26N2O2S. The minimum atomic E-state index is -0.136. The first-order valence-corrected chi connectivity index (χ1v) is 9.80. The topological polar surface area (TPSA) is 52.6 Å². The van der Waals surface area contributed by atoms with Crippen LogP contribution in [0.2, 0.25) is 0 Å². The molecule has 1 fully saturated rings. The number of likely N-dealkylation sites (tertiary alicyclic amines) is 1. The molecule has 0 saturated carbocycles. The van der Waals surface area contributed by atoms with Gasteiger partial charge >= 0.3 is 0 Å². The quantitative estimate of drug-likeness (QED) is 0.821. The van der Waals surface area contributed by atoms with Crippen molar-refractivity contribution < 1.29 is 9.90 Å². The van der Waals surface area contributed by atoms with E-state index in [9.17, 15) is 9.90 Å². The highest BCUT2D eigenvalue weighted by Gasteiger charge is 2.35. The number of hydrogen-bond acceptors (Lipinski definition) is 4. The molecule has 0 spiro atoms. The molecule has 1 amide bonds. The Labute approximate surface area is 153 Å². The summed E-state index contributed by atoms with van der Waals surface area (Å²) in [5, 5.41) is 15.2. The fourth-order valence-electron chi connectivity index (χ4n) is 3.46. The number of thiophene rings is 1. The van der Waals surface area contributed by atoms with Crippen molar-refractivity contribution in [2.45, 2.75) is 32.7 Å². The Morgan fingerprint density at radius 1 is 1.36 bits per heavy atom. The fraction of sp³-hybridized carbons (Fsp3) is 0.450. The van der Waals surface area contributed by atoms with Crippen LogP contribution < -0.4 is 5.32 Å². The number of carbonyl (C=O) groups excluding carboxylic acids is 1. The molecule has 1 aromatic heterocycles. The second-order valence-corrected chi connectivity index (χ2v) is 7.89. The molecule has 2 N–H and O–H groups in total. The lowest BCUT2D eigenvalue weighted by Gasteiger charge is -2.41. The smallest absolute Gasteiger partial charge is 0.253 e. The first kappa shape index (κ1) is 18.0. The van der Waals surface area contributed by atoms with Gasteiger partial charge < -0.3 is 15.3 Å². The molecule has 0 bridgehead atoms. The molecule has 1 aliphatic rings. The van der Waals surface area contributed by atoms with E-state index in [0.29, 0.717) is 12.1 Å². The minimum absolute atomic E-state index is 0.0609. The van der Waals surface area contributed by atoms with Gasteiger partial charge in [0.25, 0.3) is 5.91 Å². The molecule has 0 aliphatic carbocycles. The van der Waals surface area contributed by atoms with Crippen molar-refractivity contribution in [1.29, 1.82) is 0 Å². The standard InChI is InChI=1S/C20H26N2O2S/c1-2-20(15-23)9-5-10-22(14-20)19(24)16-6-3-7-17(12-16)21-13-18-8-4-11-25-18/h3-4,6-8,11-12,21,23H,2,5,9-10,13-15H2,1H3. The van der Waals surface area contributed by atoms with E-state index >= 15 is 0 Å². The van der Waals surface area contributed by atoms with Crippen molar-refractivity contribution in [2.75, 3.05) is 25.0 Å². The highest BCUT2D eigenvalue weighted by Crippen LogP contribution is 2.33. The Kier molecular flexibility index (Phi) is 5.76. The van der Waals surface area contributed by atoms with Gasteiger partial charge in [0.05, 0.1) is 6.61 Å². The van der Waals surface area contributed by atoms with Crippen LogP contribution in [0, 0.1) is 5.41 Å². The molecule has 134 valence electrons. The first-order valence-electron chi connectivity index (χ1n) is 8.92. The number of nitrogens with zero attached hydrogens (tertiary/aromatic N) is 1. The van der Waals surface area contributed by atoms with Gasteiger partial charge in [-0.1, -0.05) is 19.1 Å². The average molecular weight is 359 g/mol. The highest BCUT2D eigenvalue weighted by atomic mass is 32.1. The van der Waals surface area contributed by atoms with Crippen molar-refractivity contribution in [3.05, 3.63) is 52.2 Å². The predicted octanol–water partition coefficient (Wildman–Crippen LogP) is 3.98. The van der Waals surface area contributed by atoms with Crippen molar-refractivity contribution in [1.82, 2.24) is 4.90 Å². The molecule has 2 heterocycles. The fourth-order valence-corrected chi connectivity index (χ4v) is 4.10. The van der Waals surface area contributed by atoms with Crippen LogP contribution in [0.25, 0.3) is 0 Å². The van der Waals surface area contributed by atoms with E-state index in [-0.39, 0.29) is 17.9 Å². The zero-order valence-electron chi connectivity index (χ0n) is 14.7. The summed E-state index contributed by atoms with van der Waals surface area (Å²) in [4.78, 5) is 16.1. The molecule has 25 heavy (non-hydrogen) atoms. The molecule has 5 heteroatoms. The Hall–Kier alpha value is -1.85. The van der Waals surface area contributed by atoms with Gasteiger partial charge in [0.1, 0.15) is 0 Å². The van der Waals surface area contributed by atoms with E-state index in [4.69, 9.17) is 0 Å². The van der Waals surface area contributed by atoms with E-state index in [0.717, 1.165) is 38.0 Å². The molecule has 3 rings (SSSR count). The number of anilines is 1. The molecule has 2 aromatic rings. The van der Waals surface area contributed by atoms with Crippen molar-refractivity contribution in [2.24, 2.45) is 5.41 Å². The number of nitrogens with one attached hydrogen (secondary N) is 1. The van der Waals surface area contributed by atoms with Crippen LogP contribution in [0.15, 0.2) is 41.8 Å². The summed E-state index contributed by atoms with van der Waals surface area (Å²) in [6, 6.07) is 11.9. The maximum Gasteiger partial charge on any atom is 0.253 e. The van der Waals surface area contributed by atoms with Gasteiger partial charge in [0, 0.05) is 41.2 Å². The number of carbonyl (C=O) groups is 1. The third kappa shape index (κ3) is 4.22. The Morgan fingerprint density at radius 3 is 2.96 bits per heavy atom. The van der Waals surface area contributed by atoms with E-state index in [2.05, 4.69) is 23.7 Å². The monoisotopic (exact) mass is 358 g/mol. The summed E-state index contributed by atoms with van der Waals surface area (Å²) in [7, 11) is 0. The number of hydrogen-bond donors (Lipinski definition) is 2. The summed E-state index contributed by atoms with van der Waals surface area (Å²) < 4.78 is 0. The maximum atomic E-state index is 12.9. The molecular weight excluding hydrogens is 332 g/mol. The zero-order chi connectivity index (χ0) is 17.7. The van der Waals surface area contributed by atoms with Crippen LogP contribution >= 0.6 is 11.3 Å². The number of benzene rings is 1. The van der Waals surface area contributed by atoms with Crippen LogP contribution in [0.3, 0.4) is 0 Å². The summed E-state index contributed by atoms with van der Waals surface area (Å²) in [5.74, 6) is 0.0609. The summed E-state index contributed by atoms with van der Waals surface area (Å²) >= 11 is 1.72. The van der Waals surface area contributed by atoms with Crippen LogP contribution in [0.4, 0.5) is 5.69 Å². The number of piperidine rings is 1. The summed E-state index contributed by atoms with van der Waals surface area (Å²) in [6.45, 7) is 4.43. The van der Waals surface area contributed by atoms with Gasteiger partial charge in [-0.15, -0.1) is 11.3 Å². The third-order valence-electron chi connectivity index (χ3n) is 5.19. The Bertz CT molecular complexity index is 695. The number of aliphatic hydroxyl groups is 1. The summed E-state index contributed by atoms with van der Waals surface area (Å²) in [6.07, 6.45) is 2.85. The van der Waals surface area contributed by atoms with Crippen LogP contribution in [0.1, 0.15) is 41.4 Å². The summed E-state index contributed by atoms with van der Waals surface area (Å²) in [5.41, 5.74) is 1.53. The molecule has 4 nitrogen and oxygen atoms in total. The van der Waals surface area contributed by atoms with Crippen LogP contribution in [-0.2, 0) is 6.54 Å². The molecule has 1 aliphatic heterocycles.